The van der Waals surface area contributed by atoms with Gasteiger partial charge in [-0.25, -0.2) is 9.59 Å². The average Bonchev–Trinajstić information content (AvgIpc) is 2.28. The maximum atomic E-state index is 11.4. The van der Waals surface area contributed by atoms with Gasteiger partial charge in [-0.3, -0.25) is 0 Å². The minimum Gasteiger partial charge on any atom is -0.465 e. The van der Waals surface area contributed by atoms with Crippen LogP contribution in [0.4, 0.5) is 10.5 Å². The normalized spacial score (nSPS) is 9.88. The first-order valence-corrected chi connectivity index (χ1v) is 5.29. The van der Waals surface area contributed by atoms with Crippen LogP contribution in [0.5, 0.6) is 0 Å². The Labute approximate surface area is 100 Å². The number of urea groups is 1. The van der Waals surface area contributed by atoms with Crippen molar-refractivity contribution < 1.29 is 14.3 Å². The molecular weight excluding hydrogens is 220 g/mol. The fourth-order valence-electron chi connectivity index (χ4n) is 1.24. The zero-order valence-electron chi connectivity index (χ0n) is 10.1. The van der Waals surface area contributed by atoms with Gasteiger partial charge in [0.25, 0.3) is 0 Å². The maximum absolute atomic E-state index is 11.4. The van der Waals surface area contributed by atoms with Crippen LogP contribution in [-0.4, -0.2) is 25.2 Å². The lowest BCUT2D eigenvalue weighted by molar-refractivity contribution is 0.0601. The third-order valence-corrected chi connectivity index (χ3v) is 1.98. The molecule has 0 bridgehead atoms. The van der Waals surface area contributed by atoms with Crippen LogP contribution < -0.4 is 10.6 Å². The molecule has 5 heteroatoms. The van der Waals surface area contributed by atoms with E-state index < -0.39 is 5.97 Å². The summed E-state index contributed by atoms with van der Waals surface area (Å²) in [5.74, 6) is -0.400. The van der Waals surface area contributed by atoms with E-state index in [1.54, 1.807) is 24.3 Å². The van der Waals surface area contributed by atoms with Crippen LogP contribution in [0, 0.1) is 0 Å². The number of ether oxygens (including phenoxy) is 1. The number of anilines is 1. The second-order valence-corrected chi connectivity index (χ2v) is 3.82. The Morgan fingerprint density at radius 3 is 2.24 bits per heavy atom. The SMILES string of the molecule is COC(=O)c1ccc(NC(=O)NC(C)C)cc1. The van der Waals surface area contributed by atoms with Gasteiger partial charge in [0.1, 0.15) is 0 Å². The minimum atomic E-state index is -0.400. The summed E-state index contributed by atoms with van der Waals surface area (Å²) in [5.41, 5.74) is 1.07. The van der Waals surface area contributed by atoms with Crippen molar-refractivity contribution in [2.45, 2.75) is 19.9 Å². The Morgan fingerprint density at radius 2 is 1.76 bits per heavy atom. The molecule has 0 saturated carbocycles. The van der Waals surface area contributed by atoms with E-state index >= 15 is 0 Å². The molecule has 0 spiro atoms. The first-order valence-electron chi connectivity index (χ1n) is 5.29. The predicted octanol–water partition coefficient (Wildman–Crippen LogP) is 2.00. The van der Waals surface area contributed by atoms with E-state index in [1.807, 2.05) is 13.8 Å². The monoisotopic (exact) mass is 236 g/mol. The Hall–Kier alpha value is -2.04. The van der Waals surface area contributed by atoms with Crippen LogP contribution >= 0.6 is 0 Å². The van der Waals surface area contributed by atoms with E-state index in [2.05, 4.69) is 15.4 Å². The summed E-state index contributed by atoms with van der Waals surface area (Å²) < 4.78 is 4.57. The van der Waals surface area contributed by atoms with Crippen molar-refractivity contribution in [1.82, 2.24) is 5.32 Å². The molecule has 5 nitrogen and oxygen atoms in total. The highest BCUT2D eigenvalue weighted by atomic mass is 16.5. The molecule has 2 amide bonds. The summed E-state index contributed by atoms with van der Waals surface area (Å²) in [6.07, 6.45) is 0. The Kier molecular flexibility index (Phi) is 4.51. The predicted molar refractivity (Wildman–Crippen MR) is 65.1 cm³/mol. The number of nitrogens with one attached hydrogen (secondary N) is 2. The number of carbonyl (C=O) groups excluding carboxylic acids is 2. The number of esters is 1. The van der Waals surface area contributed by atoms with Gasteiger partial charge in [-0.2, -0.15) is 0 Å². The molecule has 92 valence electrons. The van der Waals surface area contributed by atoms with E-state index in [-0.39, 0.29) is 12.1 Å². The van der Waals surface area contributed by atoms with Gasteiger partial charge in [0, 0.05) is 11.7 Å². The summed E-state index contributed by atoms with van der Waals surface area (Å²) in [4.78, 5) is 22.6. The molecule has 0 aromatic heterocycles. The van der Waals surface area contributed by atoms with E-state index in [1.165, 1.54) is 7.11 Å². The number of hydrogen-bond donors (Lipinski definition) is 2. The van der Waals surface area contributed by atoms with Crippen molar-refractivity contribution in [1.29, 1.82) is 0 Å². The van der Waals surface area contributed by atoms with Crippen molar-refractivity contribution >= 4 is 17.7 Å². The fraction of sp³-hybridized carbons (Fsp3) is 0.333. The summed E-state index contributed by atoms with van der Waals surface area (Å²) >= 11 is 0. The zero-order chi connectivity index (χ0) is 12.8. The topological polar surface area (TPSA) is 67.4 Å². The van der Waals surface area contributed by atoms with Crippen molar-refractivity contribution in [3.8, 4) is 0 Å². The molecule has 0 atom stereocenters. The molecule has 0 aliphatic heterocycles. The molecule has 0 unspecified atom stereocenters. The second-order valence-electron chi connectivity index (χ2n) is 3.82. The molecule has 1 aromatic carbocycles. The first-order chi connectivity index (χ1) is 8.02. The fourth-order valence-corrected chi connectivity index (χ4v) is 1.24. The third-order valence-electron chi connectivity index (χ3n) is 1.98. The van der Waals surface area contributed by atoms with Crippen LogP contribution in [0.3, 0.4) is 0 Å². The lowest BCUT2D eigenvalue weighted by Crippen LogP contribution is -2.34. The molecule has 0 aliphatic rings. The Balaban J connectivity index is 2.62. The van der Waals surface area contributed by atoms with Gasteiger partial charge in [0.05, 0.1) is 12.7 Å². The number of amides is 2. The third kappa shape index (κ3) is 4.14. The second kappa shape index (κ2) is 5.89. The van der Waals surface area contributed by atoms with E-state index in [9.17, 15) is 9.59 Å². The van der Waals surface area contributed by atoms with E-state index in [4.69, 9.17) is 0 Å². The first kappa shape index (κ1) is 13.0. The lowest BCUT2D eigenvalue weighted by Gasteiger charge is -2.10. The van der Waals surface area contributed by atoms with Crippen LogP contribution in [-0.2, 0) is 4.74 Å². The van der Waals surface area contributed by atoms with Crippen LogP contribution in [0.15, 0.2) is 24.3 Å². The number of benzene rings is 1. The highest BCUT2D eigenvalue weighted by Crippen LogP contribution is 2.10. The molecule has 0 aliphatic carbocycles. The number of hydrogen-bond acceptors (Lipinski definition) is 3. The van der Waals surface area contributed by atoms with Gasteiger partial charge in [-0.1, -0.05) is 0 Å². The van der Waals surface area contributed by atoms with E-state index in [0.717, 1.165) is 0 Å². The molecule has 0 heterocycles. The van der Waals surface area contributed by atoms with Gasteiger partial charge in [0.15, 0.2) is 0 Å². The van der Waals surface area contributed by atoms with Gasteiger partial charge >= 0.3 is 12.0 Å². The van der Waals surface area contributed by atoms with Crippen molar-refractivity contribution in [2.75, 3.05) is 12.4 Å². The number of rotatable bonds is 3. The molecule has 17 heavy (non-hydrogen) atoms. The lowest BCUT2D eigenvalue weighted by atomic mass is 10.2. The molecule has 0 radical (unpaired) electrons. The molecule has 0 fully saturated rings. The standard InChI is InChI=1S/C12H16N2O3/c1-8(2)13-12(16)14-10-6-4-9(5-7-10)11(15)17-3/h4-8H,1-3H3,(H2,13,14,16). The van der Waals surface area contributed by atoms with Crippen LogP contribution in [0.25, 0.3) is 0 Å². The van der Waals surface area contributed by atoms with E-state index in [0.29, 0.717) is 11.3 Å². The minimum absolute atomic E-state index is 0.0735. The molecule has 0 saturated heterocycles. The number of methoxy groups -OCH3 is 1. The smallest absolute Gasteiger partial charge is 0.337 e. The average molecular weight is 236 g/mol. The van der Waals surface area contributed by atoms with Crippen molar-refractivity contribution in [2.24, 2.45) is 0 Å². The maximum Gasteiger partial charge on any atom is 0.337 e. The van der Waals surface area contributed by atoms with Crippen molar-refractivity contribution in [3.63, 3.8) is 0 Å². The molecular formula is C12H16N2O3. The summed E-state index contributed by atoms with van der Waals surface area (Å²) in [6, 6.07) is 6.28. The summed E-state index contributed by atoms with van der Waals surface area (Å²) in [7, 11) is 1.32. The number of carbonyl (C=O) groups is 2. The summed E-state index contributed by atoms with van der Waals surface area (Å²) in [5, 5.41) is 5.35. The zero-order valence-corrected chi connectivity index (χ0v) is 10.1. The highest BCUT2D eigenvalue weighted by Gasteiger charge is 2.06. The Bertz CT molecular complexity index is 399. The van der Waals surface area contributed by atoms with Gasteiger partial charge in [-0.15, -0.1) is 0 Å². The van der Waals surface area contributed by atoms with Gasteiger partial charge in [0.2, 0.25) is 0 Å². The van der Waals surface area contributed by atoms with Crippen molar-refractivity contribution in [3.05, 3.63) is 29.8 Å². The summed E-state index contributed by atoms with van der Waals surface area (Å²) in [6.45, 7) is 3.75. The molecule has 1 aromatic rings. The van der Waals surface area contributed by atoms with Gasteiger partial charge < -0.3 is 15.4 Å². The quantitative estimate of drug-likeness (QED) is 0.789. The van der Waals surface area contributed by atoms with Crippen LogP contribution in [0.1, 0.15) is 24.2 Å². The largest absolute Gasteiger partial charge is 0.465 e. The highest BCUT2D eigenvalue weighted by molar-refractivity contribution is 5.92. The van der Waals surface area contributed by atoms with Crippen LogP contribution in [0.2, 0.25) is 0 Å². The van der Waals surface area contributed by atoms with Gasteiger partial charge in [-0.05, 0) is 38.1 Å². The Morgan fingerprint density at radius 1 is 1.18 bits per heavy atom. The molecule has 1 rings (SSSR count). The molecule has 2 N–H and O–H groups in total.